The molecule has 2 N–H and O–H groups in total. The molecular formula is C13H18ClNO2. The predicted molar refractivity (Wildman–Crippen MR) is 68.9 cm³/mol. The molecule has 17 heavy (non-hydrogen) atoms. The molecule has 0 amide bonds. The van der Waals surface area contributed by atoms with Crippen LogP contribution in [0.1, 0.15) is 31.2 Å². The lowest BCUT2D eigenvalue weighted by Gasteiger charge is -2.27. The van der Waals surface area contributed by atoms with Gasteiger partial charge in [-0.25, -0.2) is 0 Å². The molecule has 1 fully saturated rings. The van der Waals surface area contributed by atoms with Gasteiger partial charge in [-0.05, 0) is 25.0 Å². The molecule has 0 unspecified atom stereocenters. The zero-order valence-corrected chi connectivity index (χ0v) is 11.0. The number of nitrogens with two attached hydrogens (primary N) is 1. The summed E-state index contributed by atoms with van der Waals surface area (Å²) in [6, 6.07) is 3.82. The molecule has 1 aliphatic carbocycles. The molecule has 3 nitrogen and oxygen atoms in total. The van der Waals surface area contributed by atoms with Gasteiger partial charge in [0.15, 0.2) is 0 Å². The van der Waals surface area contributed by atoms with Gasteiger partial charge >= 0.3 is 0 Å². The lowest BCUT2D eigenvalue weighted by Crippen LogP contribution is -2.33. The third-order valence-corrected chi connectivity index (χ3v) is 3.88. The van der Waals surface area contributed by atoms with E-state index in [0.29, 0.717) is 16.5 Å². The van der Waals surface area contributed by atoms with Gasteiger partial charge in [-0.1, -0.05) is 24.4 Å². The maximum Gasteiger partial charge on any atom is 0.146 e. The highest BCUT2D eigenvalue weighted by Gasteiger charge is 2.35. The Kier molecular flexibility index (Phi) is 3.50. The smallest absolute Gasteiger partial charge is 0.146 e. The van der Waals surface area contributed by atoms with Gasteiger partial charge in [0.25, 0.3) is 0 Å². The number of benzene rings is 1. The van der Waals surface area contributed by atoms with E-state index in [-0.39, 0.29) is 5.54 Å². The van der Waals surface area contributed by atoms with E-state index in [1.165, 1.54) is 0 Å². The Morgan fingerprint density at radius 1 is 1.18 bits per heavy atom. The SMILES string of the molecule is COc1ccc(C2(N)CCCC2)c(OC)c1Cl. The van der Waals surface area contributed by atoms with Gasteiger partial charge in [-0.3, -0.25) is 0 Å². The van der Waals surface area contributed by atoms with E-state index in [9.17, 15) is 0 Å². The zero-order valence-electron chi connectivity index (χ0n) is 10.3. The maximum atomic E-state index is 6.44. The van der Waals surface area contributed by atoms with Crippen LogP contribution in [0.5, 0.6) is 11.5 Å². The van der Waals surface area contributed by atoms with Crippen LogP contribution in [0, 0.1) is 0 Å². The van der Waals surface area contributed by atoms with Gasteiger partial charge in [-0.15, -0.1) is 0 Å². The minimum absolute atomic E-state index is 0.304. The van der Waals surface area contributed by atoms with Gasteiger partial charge in [0, 0.05) is 11.1 Å². The van der Waals surface area contributed by atoms with Gasteiger partial charge < -0.3 is 15.2 Å². The van der Waals surface area contributed by atoms with Crippen molar-refractivity contribution in [3.8, 4) is 11.5 Å². The summed E-state index contributed by atoms with van der Waals surface area (Å²) in [5.41, 5.74) is 7.12. The second kappa shape index (κ2) is 4.75. The summed E-state index contributed by atoms with van der Waals surface area (Å²) in [6.07, 6.45) is 4.27. The monoisotopic (exact) mass is 255 g/mol. The Balaban J connectivity index is 2.50. The van der Waals surface area contributed by atoms with Crippen LogP contribution in [0.3, 0.4) is 0 Å². The quantitative estimate of drug-likeness (QED) is 0.903. The van der Waals surface area contributed by atoms with Crippen LogP contribution in [0.2, 0.25) is 5.02 Å². The van der Waals surface area contributed by atoms with Gasteiger partial charge in [0.1, 0.15) is 16.5 Å². The van der Waals surface area contributed by atoms with Crippen LogP contribution in [-0.2, 0) is 5.54 Å². The third kappa shape index (κ3) is 2.09. The Labute approximate surface area is 107 Å². The van der Waals surface area contributed by atoms with E-state index in [1.807, 2.05) is 12.1 Å². The Hall–Kier alpha value is -0.930. The van der Waals surface area contributed by atoms with Crippen molar-refractivity contribution in [1.82, 2.24) is 0 Å². The summed E-state index contributed by atoms with van der Waals surface area (Å²) in [7, 11) is 3.20. The molecule has 1 saturated carbocycles. The minimum Gasteiger partial charge on any atom is -0.495 e. The molecule has 0 bridgehead atoms. The molecule has 0 atom stereocenters. The molecule has 1 aromatic rings. The van der Waals surface area contributed by atoms with Crippen molar-refractivity contribution in [2.45, 2.75) is 31.2 Å². The van der Waals surface area contributed by atoms with E-state index < -0.39 is 0 Å². The van der Waals surface area contributed by atoms with Crippen molar-refractivity contribution < 1.29 is 9.47 Å². The summed E-state index contributed by atoms with van der Waals surface area (Å²) < 4.78 is 10.6. The first kappa shape index (κ1) is 12.5. The fraction of sp³-hybridized carbons (Fsp3) is 0.538. The topological polar surface area (TPSA) is 44.5 Å². The first-order valence-corrected chi connectivity index (χ1v) is 6.20. The van der Waals surface area contributed by atoms with Gasteiger partial charge in [-0.2, -0.15) is 0 Å². The molecule has 0 heterocycles. The van der Waals surface area contributed by atoms with Crippen LogP contribution in [0.25, 0.3) is 0 Å². The molecule has 1 aromatic carbocycles. The molecule has 4 heteroatoms. The fourth-order valence-electron chi connectivity index (χ4n) is 2.56. The van der Waals surface area contributed by atoms with Crippen molar-refractivity contribution in [2.24, 2.45) is 5.73 Å². The van der Waals surface area contributed by atoms with Gasteiger partial charge in [0.05, 0.1) is 14.2 Å². The highest BCUT2D eigenvalue weighted by molar-refractivity contribution is 6.33. The standard InChI is InChI=1S/C13H18ClNO2/c1-16-10-6-5-9(12(17-2)11(10)14)13(15)7-3-4-8-13/h5-6H,3-4,7-8,15H2,1-2H3. The molecule has 0 radical (unpaired) electrons. The molecule has 0 saturated heterocycles. The zero-order chi connectivity index (χ0) is 12.5. The predicted octanol–water partition coefficient (Wildman–Crippen LogP) is 3.09. The summed E-state index contributed by atoms with van der Waals surface area (Å²) in [5, 5.41) is 0.504. The molecule has 94 valence electrons. The lowest BCUT2D eigenvalue weighted by atomic mass is 9.88. The Morgan fingerprint density at radius 3 is 2.35 bits per heavy atom. The summed E-state index contributed by atoms with van der Waals surface area (Å²) in [5.74, 6) is 1.27. The molecule has 0 spiro atoms. The van der Waals surface area contributed by atoms with Crippen LogP contribution >= 0.6 is 11.6 Å². The van der Waals surface area contributed by atoms with Crippen LogP contribution in [0.4, 0.5) is 0 Å². The molecule has 0 aromatic heterocycles. The molecule has 0 aliphatic heterocycles. The Bertz CT molecular complexity index is 414. The van der Waals surface area contributed by atoms with Crippen LogP contribution in [0.15, 0.2) is 12.1 Å². The first-order chi connectivity index (χ1) is 8.12. The van der Waals surface area contributed by atoms with Gasteiger partial charge in [0.2, 0.25) is 0 Å². The average molecular weight is 256 g/mol. The van der Waals surface area contributed by atoms with Crippen LogP contribution in [-0.4, -0.2) is 14.2 Å². The average Bonchev–Trinajstić information content (AvgIpc) is 2.77. The number of rotatable bonds is 3. The normalized spacial score (nSPS) is 18.1. The van der Waals surface area contributed by atoms with Crippen molar-refractivity contribution >= 4 is 11.6 Å². The Morgan fingerprint density at radius 2 is 1.82 bits per heavy atom. The number of hydrogen-bond donors (Lipinski definition) is 1. The summed E-state index contributed by atoms with van der Waals surface area (Å²) >= 11 is 6.25. The number of ether oxygens (including phenoxy) is 2. The number of methoxy groups -OCH3 is 2. The second-order valence-corrected chi connectivity index (χ2v) is 4.90. The van der Waals surface area contributed by atoms with E-state index >= 15 is 0 Å². The van der Waals surface area contributed by atoms with E-state index in [0.717, 1.165) is 31.2 Å². The van der Waals surface area contributed by atoms with Crippen molar-refractivity contribution in [3.05, 3.63) is 22.7 Å². The fourth-order valence-corrected chi connectivity index (χ4v) is 2.88. The van der Waals surface area contributed by atoms with Crippen molar-refractivity contribution in [3.63, 3.8) is 0 Å². The van der Waals surface area contributed by atoms with Crippen molar-refractivity contribution in [2.75, 3.05) is 14.2 Å². The maximum absolute atomic E-state index is 6.44. The largest absolute Gasteiger partial charge is 0.495 e. The summed E-state index contributed by atoms with van der Waals surface area (Å²) in [6.45, 7) is 0. The number of hydrogen-bond acceptors (Lipinski definition) is 3. The third-order valence-electron chi connectivity index (χ3n) is 3.52. The van der Waals surface area contributed by atoms with Crippen molar-refractivity contribution in [1.29, 1.82) is 0 Å². The molecule has 1 aliphatic rings. The lowest BCUT2D eigenvalue weighted by molar-refractivity contribution is 0.370. The summed E-state index contributed by atoms with van der Waals surface area (Å²) in [4.78, 5) is 0. The second-order valence-electron chi connectivity index (χ2n) is 4.53. The highest BCUT2D eigenvalue weighted by Crippen LogP contribution is 2.45. The van der Waals surface area contributed by atoms with Crippen LogP contribution < -0.4 is 15.2 Å². The van der Waals surface area contributed by atoms with E-state index in [4.69, 9.17) is 26.8 Å². The highest BCUT2D eigenvalue weighted by atomic mass is 35.5. The minimum atomic E-state index is -0.304. The van der Waals surface area contributed by atoms with E-state index in [2.05, 4.69) is 0 Å². The first-order valence-electron chi connectivity index (χ1n) is 5.82. The molecule has 2 rings (SSSR count). The van der Waals surface area contributed by atoms with E-state index in [1.54, 1.807) is 14.2 Å². The molecular weight excluding hydrogens is 238 g/mol. The number of halogens is 1.